The van der Waals surface area contributed by atoms with Crippen molar-refractivity contribution in [2.75, 3.05) is 7.05 Å². The highest BCUT2D eigenvalue weighted by atomic mass is 32.1. The minimum absolute atomic E-state index is 0.151. The minimum atomic E-state index is -0.151. The van der Waals surface area contributed by atoms with Crippen molar-refractivity contribution in [1.82, 2.24) is 9.88 Å². The van der Waals surface area contributed by atoms with Crippen LogP contribution in [0.1, 0.15) is 16.1 Å². The predicted molar refractivity (Wildman–Crippen MR) is 83.7 cm³/mol. The van der Waals surface area contributed by atoms with Gasteiger partial charge in [-0.2, -0.15) is 0 Å². The first kappa shape index (κ1) is 14.3. The van der Waals surface area contributed by atoms with Gasteiger partial charge < -0.3 is 14.4 Å². The number of benzene rings is 1. The highest BCUT2D eigenvalue weighted by Gasteiger charge is 2.17. The zero-order chi connectivity index (χ0) is 15.5. The van der Waals surface area contributed by atoms with Crippen LogP contribution >= 0.6 is 11.3 Å². The van der Waals surface area contributed by atoms with Crippen LogP contribution in [-0.4, -0.2) is 27.9 Å². The molecule has 0 saturated heterocycles. The lowest BCUT2D eigenvalue weighted by Gasteiger charge is -2.15. The van der Waals surface area contributed by atoms with Gasteiger partial charge in [0.15, 0.2) is 10.8 Å². The van der Waals surface area contributed by atoms with Gasteiger partial charge in [-0.05, 0) is 29.8 Å². The summed E-state index contributed by atoms with van der Waals surface area (Å²) in [4.78, 5) is 18.3. The third kappa shape index (κ3) is 3.01. The SMILES string of the molecule is CN(Cc1ccc(O)cc1)C(=O)c1csc(-c2ccco2)n1. The molecule has 0 radical (unpaired) electrons. The molecule has 0 spiro atoms. The molecule has 3 aromatic rings. The molecule has 2 aromatic heterocycles. The molecule has 2 heterocycles. The number of hydrogen-bond donors (Lipinski definition) is 1. The fourth-order valence-electron chi connectivity index (χ4n) is 2.03. The normalized spacial score (nSPS) is 10.6. The van der Waals surface area contributed by atoms with Gasteiger partial charge in [-0.25, -0.2) is 4.98 Å². The second-order valence-corrected chi connectivity index (χ2v) is 5.70. The van der Waals surface area contributed by atoms with Gasteiger partial charge in [0.1, 0.15) is 11.4 Å². The van der Waals surface area contributed by atoms with Crippen molar-refractivity contribution in [3.63, 3.8) is 0 Å². The Hall–Kier alpha value is -2.60. The zero-order valence-electron chi connectivity index (χ0n) is 11.9. The van der Waals surface area contributed by atoms with Gasteiger partial charge in [0.05, 0.1) is 6.26 Å². The van der Waals surface area contributed by atoms with Crippen LogP contribution in [0.25, 0.3) is 10.8 Å². The second-order valence-electron chi connectivity index (χ2n) is 4.84. The van der Waals surface area contributed by atoms with Crippen molar-refractivity contribution in [2.24, 2.45) is 0 Å². The average molecular weight is 314 g/mol. The molecule has 0 aliphatic carbocycles. The van der Waals surface area contributed by atoms with E-state index in [-0.39, 0.29) is 11.7 Å². The van der Waals surface area contributed by atoms with Crippen molar-refractivity contribution in [3.8, 4) is 16.5 Å². The largest absolute Gasteiger partial charge is 0.508 e. The van der Waals surface area contributed by atoms with Crippen LogP contribution in [0.4, 0.5) is 0 Å². The summed E-state index contributed by atoms with van der Waals surface area (Å²) in [6.45, 7) is 0.451. The number of nitrogens with zero attached hydrogens (tertiary/aromatic N) is 2. The molecular formula is C16H14N2O3S. The van der Waals surface area contributed by atoms with E-state index < -0.39 is 0 Å². The number of carbonyl (C=O) groups is 1. The first-order chi connectivity index (χ1) is 10.6. The Morgan fingerprint density at radius 2 is 2.09 bits per heavy atom. The van der Waals surface area contributed by atoms with E-state index >= 15 is 0 Å². The third-order valence-corrected chi connectivity index (χ3v) is 4.01. The number of phenolic OH excluding ortho intramolecular Hbond substituents is 1. The zero-order valence-corrected chi connectivity index (χ0v) is 12.7. The van der Waals surface area contributed by atoms with Crippen molar-refractivity contribution in [1.29, 1.82) is 0 Å². The number of rotatable bonds is 4. The van der Waals surface area contributed by atoms with E-state index in [9.17, 15) is 9.90 Å². The van der Waals surface area contributed by atoms with Gasteiger partial charge >= 0.3 is 0 Å². The number of furan rings is 1. The maximum atomic E-state index is 12.4. The number of aromatic nitrogens is 1. The maximum Gasteiger partial charge on any atom is 0.273 e. The van der Waals surface area contributed by atoms with Crippen molar-refractivity contribution >= 4 is 17.2 Å². The molecule has 0 unspecified atom stereocenters. The monoisotopic (exact) mass is 314 g/mol. The number of carbonyl (C=O) groups excluding carboxylic acids is 1. The van der Waals surface area contributed by atoms with Crippen LogP contribution in [0.5, 0.6) is 5.75 Å². The smallest absolute Gasteiger partial charge is 0.273 e. The lowest BCUT2D eigenvalue weighted by molar-refractivity contribution is 0.0780. The molecule has 112 valence electrons. The fourth-order valence-corrected chi connectivity index (χ4v) is 2.79. The Morgan fingerprint density at radius 3 is 2.77 bits per heavy atom. The molecule has 3 rings (SSSR count). The van der Waals surface area contributed by atoms with E-state index in [1.807, 2.05) is 6.07 Å². The van der Waals surface area contributed by atoms with Crippen LogP contribution < -0.4 is 0 Å². The van der Waals surface area contributed by atoms with Gasteiger partial charge in [0, 0.05) is 19.0 Å². The minimum Gasteiger partial charge on any atom is -0.508 e. The third-order valence-electron chi connectivity index (χ3n) is 3.16. The number of aromatic hydroxyl groups is 1. The lowest BCUT2D eigenvalue weighted by Crippen LogP contribution is -2.26. The summed E-state index contributed by atoms with van der Waals surface area (Å²) >= 11 is 1.38. The molecule has 1 amide bonds. The van der Waals surface area contributed by atoms with Gasteiger partial charge in [-0.3, -0.25) is 4.79 Å². The molecule has 0 fully saturated rings. The number of hydrogen-bond acceptors (Lipinski definition) is 5. The molecule has 5 nitrogen and oxygen atoms in total. The van der Waals surface area contributed by atoms with E-state index in [2.05, 4.69) is 4.98 Å². The highest BCUT2D eigenvalue weighted by Crippen LogP contribution is 2.24. The van der Waals surface area contributed by atoms with Crippen LogP contribution in [0.3, 0.4) is 0 Å². The van der Waals surface area contributed by atoms with Crippen LogP contribution in [0, 0.1) is 0 Å². The van der Waals surface area contributed by atoms with Crippen molar-refractivity contribution in [2.45, 2.75) is 6.54 Å². The van der Waals surface area contributed by atoms with Crippen LogP contribution in [-0.2, 0) is 6.54 Å². The highest BCUT2D eigenvalue weighted by molar-refractivity contribution is 7.13. The van der Waals surface area contributed by atoms with Gasteiger partial charge in [0.25, 0.3) is 5.91 Å². The Morgan fingerprint density at radius 1 is 1.32 bits per heavy atom. The predicted octanol–water partition coefficient (Wildman–Crippen LogP) is 3.38. The molecule has 1 N–H and O–H groups in total. The molecular weight excluding hydrogens is 300 g/mol. The standard InChI is InChI=1S/C16H14N2O3S/c1-18(9-11-4-6-12(19)7-5-11)16(20)13-10-22-15(17-13)14-3-2-8-21-14/h2-8,10,19H,9H2,1H3. The van der Waals surface area contributed by atoms with Gasteiger partial charge in [0.2, 0.25) is 0 Å². The van der Waals surface area contributed by atoms with E-state index in [4.69, 9.17) is 4.42 Å². The Kier molecular flexibility index (Phi) is 3.93. The Labute approximate surface area is 131 Å². The Bertz CT molecular complexity index is 763. The fraction of sp³-hybridized carbons (Fsp3) is 0.125. The lowest BCUT2D eigenvalue weighted by atomic mass is 10.2. The molecule has 0 aliphatic rings. The molecule has 22 heavy (non-hydrogen) atoms. The summed E-state index contributed by atoms with van der Waals surface area (Å²) in [7, 11) is 1.72. The number of thiazole rings is 1. The molecule has 0 aliphatic heterocycles. The molecule has 1 aromatic carbocycles. The van der Waals surface area contributed by atoms with Gasteiger partial charge in [-0.15, -0.1) is 11.3 Å². The summed E-state index contributed by atoms with van der Waals surface area (Å²) in [5.74, 6) is 0.715. The topological polar surface area (TPSA) is 66.6 Å². The average Bonchev–Trinajstić information content (AvgIpc) is 3.19. The van der Waals surface area contributed by atoms with Crippen LogP contribution in [0.2, 0.25) is 0 Å². The van der Waals surface area contributed by atoms with Crippen molar-refractivity contribution in [3.05, 3.63) is 59.3 Å². The summed E-state index contributed by atoms with van der Waals surface area (Å²) in [6.07, 6.45) is 1.58. The molecule has 0 saturated carbocycles. The second kappa shape index (κ2) is 6.03. The summed E-state index contributed by atoms with van der Waals surface area (Å²) in [6, 6.07) is 10.4. The Balaban J connectivity index is 1.72. The quantitative estimate of drug-likeness (QED) is 0.801. The van der Waals surface area contributed by atoms with E-state index in [1.54, 1.807) is 53.9 Å². The summed E-state index contributed by atoms with van der Waals surface area (Å²) in [5, 5.41) is 11.7. The summed E-state index contributed by atoms with van der Waals surface area (Å²) in [5.41, 5.74) is 1.34. The number of phenols is 1. The maximum absolute atomic E-state index is 12.4. The number of amides is 1. The summed E-state index contributed by atoms with van der Waals surface area (Å²) < 4.78 is 5.28. The van der Waals surface area contributed by atoms with Crippen LogP contribution in [0.15, 0.2) is 52.5 Å². The first-order valence-corrected chi connectivity index (χ1v) is 7.54. The van der Waals surface area contributed by atoms with E-state index in [0.717, 1.165) is 5.56 Å². The molecule has 0 bridgehead atoms. The molecule has 6 heteroatoms. The molecule has 0 atom stereocenters. The van der Waals surface area contributed by atoms with Crippen molar-refractivity contribution < 1.29 is 14.3 Å². The first-order valence-electron chi connectivity index (χ1n) is 6.66. The van der Waals surface area contributed by atoms with E-state index in [1.165, 1.54) is 11.3 Å². The van der Waals surface area contributed by atoms with Gasteiger partial charge in [-0.1, -0.05) is 12.1 Å². The van der Waals surface area contributed by atoms with E-state index in [0.29, 0.717) is 23.0 Å².